The number of aromatic amines is 1. The number of benzene rings is 1. The Morgan fingerprint density at radius 1 is 1.29 bits per heavy atom. The Kier molecular flexibility index (Phi) is 4.10. The van der Waals surface area contributed by atoms with Gasteiger partial charge in [0, 0.05) is 18.4 Å². The highest BCUT2D eigenvalue weighted by molar-refractivity contribution is 7.94. The van der Waals surface area contributed by atoms with Gasteiger partial charge < -0.3 is 10.3 Å². The van der Waals surface area contributed by atoms with Gasteiger partial charge in [0.2, 0.25) is 5.91 Å². The lowest BCUT2D eigenvalue weighted by Crippen LogP contribution is -2.39. The van der Waals surface area contributed by atoms with Crippen molar-refractivity contribution in [3.8, 4) is 0 Å². The van der Waals surface area contributed by atoms with Crippen molar-refractivity contribution in [2.45, 2.75) is 19.0 Å². The predicted molar refractivity (Wildman–Crippen MR) is 88.3 cm³/mol. The molecule has 0 bridgehead atoms. The highest BCUT2D eigenvalue weighted by Crippen LogP contribution is 2.08. The number of carbonyl (C=O) groups is 1. The van der Waals surface area contributed by atoms with Crippen molar-refractivity contribution < 1.29 is 13.2 Å². The van der Waals surface area contributed by atoms with Crippen LogP contribution in [0.1, 0.15) is 6.42 Å². The Morgan fingerprint density at radius 2 is 2.04 bits per heavy atom. The summed E-state index contributed by atoms with van der Waals surface area (Å²) in [5, 5.41) is 3.98. The van der Waals surface area contributed by atoms with Crippen LogP contribution in [-0.2, 0) is 21.2 Å². The van der Waals surface area contributed by atoms with Gasteiger partial charge in [-0.25, -0.2) is 13.2 Å². The summed E-state index contributed by atoms with van der Waals surface area (Å²) in [5.74, 6) is -0.601. The Balaban J connectivity index is 1.72. The van der Waals surface area contributed by atoms with Crippen LogP contribution in [0.5, 0.6) is 0 Å². The molecule has 1 atom stereocenters. The molecule has 1 amide bonds. The molecule has 2 heterocycles. The van der Waals surface area contributed by atoms with Crippen molar-refractivity contribution >= 4 is 26.6 Å². The van der Waals surface area contributed by atoms with Crippen LogP contribution in [0.15, 0.2) is 45.3 Å². The van der Waals surface area contributed by atoms with E-state index < -0.39 is 33.0 Å². The number of nitrogens with zero attached hydrogens (tertiary/aromatic N) is 1. The zero-order valence-electron chi connectivity index (χ0n) is 12.6. The monoisotopic (exact) mass is 349 g/mol. The maximum absolute atomic E-state index is 12.3. The first kappa shape index (κ1) is 16.2. The second-order valence-corrected chi connectivity index (χ2v) is 7.45. The number of sulfone groups is 1. The number of aromatic nitrogens is 2. The Morgan fingerprint density at radius 3 is 2.75 bits per heavy atom. The van der Waals surface area contributed by atoms with Crippen molar-refractivity contribution in [3.05, 3.63) is 56.6 Å². The standard InChI is InChI=1S/C15H15N3O5S/c19-13(16-10-6-8-24(22,23)9-10)5-7-18-14(20)11-3-1-2-4-12(11)17-15(18)21/h1-4,6,8,10H,5,7,9H2,(H,16,19)(H,17,21)/t10-/m0/s1. The van der Waals surface area contributed by atoms with Gasteiger partial charge in [-0.2, -0.15) is 0 Å². The van der Waals surface area contributed by atoms with E-state index in [1.165, 1.54) is 6.08 Å². The summed E-state index contributed by atoms with van der Waals surface area (Å²) in [6.45, 7) is -0.0893. The first-order chi connectivity index (χ1) is 11.4. The number of amides is 1. The maximum Gasteiger partial charge on any atom is 0.328 e. The Hall–Kier alpha value is -2.68. The average Bonchev–Trinajstić information content (AvgIpc) is 2.85. The fourth-order valence-electron chi connectivity index (χ4n) is 2.56. The van der Waals surface area contributed by atoms with Crippen LogP contribution >= 0.6 is 0 Å². The number of para-hydroxylation sites is 1. The van der Waals surface area contributed by atoms with Crippen molar-refractivity contribution in [2.75, 3.05) is 5.75 Å². The van der Waals surface area contributed by atoms with Crippen LogP contribution < -0.4 is 16.6 Å². The van der Waals surface area contributed by atoms with Gasteiger partial charge in [-0.05, 0) is 18.2 Å². The van der Waals surface area contributed by atoms with Crippen molar-refractivity contribution in [1.29, 1.82) is 0 Å². The molecule has 0 unspecified atom stereocenters. The van der Waals surface area contributed by atoms with Gasteiger partial charge in [-0.1, -0.05) is 12.1 Å². The van der Waals surface area contributed by atoms with E-state index in [0.717, 1.165) is 9.98 Å². The van der Waals surface area contributed by atoms with Crippen LogP contribution in [0, 0.1) is 0 Å². The molecule has 0 aliphatic carbocycles. The van der Waals surface area contributed by atoms with Gasteiger partial charge in [0.25, 0.3) is 5.56 Å². The zero-order chi connectivity index (χ0) is 17.3. The third kappa shape index (κ3) is 3.30. The molecule has 126 valence electrons. The highest BCUT2D eigenvalue weighted by Gasteiger charge is 2.23. The van der Waals surface area contributed by atoms with Crippen LogP contribution in [0.2, 0.25) is 0 Å². The number of hydrogen-bond donors (Lipinski definition) is 2. The minimum absolute atomic E-state index is 0.0893. The summed E-state index contributed by atoms with van der Waals surface area (Å²) >= 11 is 0. The number of carbonyl (C=O) groups excluding carboxylic acids is 1. The first-order valence-corrected chi connectivity index (χ1v) is 8.99. The Labute approximate surface area is 136 Å². The van der Waals surface area contributed by atoms with E-state index >= 15 is 0 Å². The molecule has 9 heteroatoms. The molecule has 2 N–H and O–H groups in total. The van der Waals surface area contributed by atoms with Gasteiger partial charge in [0.1, 0.15) is 0 Å². The van der Waals surface area contributed by atoms with E-state index in [0.29, 0.717) is 10.9 Å². The fraction of sp³-hybridized carbons (Fsp3) is 0.267. The minimum atomic E-state index is -3.25. The fourth-order valence-corrected chi connectivity index (χ4v) is 3.80. The smallest absolute Gasteiger partial charge is 0.328 e. The summed E-state index contributed by atoms with van der Waals surface area (Å²) in [7, 11) is -3.25. The first-order valence-electron chi connectivity index (χ1n) is 7.28. The van der Waals surface area contributed by atoms with Crippen LogP contribution in [-0.4, -0.2) is 35.7 Å². The number of fused-ring (bicyclic) bond motifs is 1. The molecule has 3 rings (SSSR count). The normalized spacial score (nSPS) is 18.8. The minimum Gasteiger partial charge on any atom is -0.349 e. The summed E-state index contributed by atoms with van der Waals surface area (Å²) in [6.07, 6.45) is 1.30. The number of hydrogen-bond acceptors (Lipinski definition) is 5. The third-order valence-corrected chi connectivity index (χ3v) is 5.12. The van der Waals surface area contributed by atoms with E-state index in [1.54, 1.807) is 24.3 Å². The molecule has 0 saturated heterocycles. The van der Waals surface area contributed by atoms with Gasteiger partial charge in [0.15, 0.2) is 9.84 Å². The molecule has 1 aliphatic heterocycles. The van der Waals surface area contributed by atoms with Gasteiger partial charge in [-0.3, -0.25) is 14.2 Å². The average molecular weight is 349 g/mol. The molecule has 0 fully saturated rings. The molecule has 8 nitrogen and oxygen atoms in total. The number of nitrogens with one attached hydrogen (secondary N) is 2. The zero-order valence-corrected chi connectivity index (χ0v) is 13.4. The van der Waals surface area contributed by atoms with Crippen molar-refractivity contribution in [2.24, 2.45) is 0 Å². The molecule has 24 heavy (non-hydrogen) atoms. The molecule has 0 saturated carbocycles. The molecule has 1 aliphatic rings. The number of rotatable bonds is 4. The maximum atomic E-state index is 12.3. The van der Waals surface area contributed by atoms with E-state index in [-0.39, 0.29) is 18.7 Å². The molecule has 0 radical (unpaired) electrons. The quantitative estimate of drug-likeness (QED) is 0.772. The van der Waals surface area contributed by atoms with Gasteiger partial charge in [-0.15, -0.1) is 0 Å². The second-order valence-electron chi connectivity index (χ2n) is 5.51. The lowest BCUT2D eigenvalue weighted by atomic mass is 10.2. The molecule has 2 aromatic rings. The highest BCUT2D eigenvalue weighted by atomic mass is 32.2. The van der Waals surface area contributed by atoms with Crippen LogP contribution in [0.25, 0.3) is 10.9 Å². The molecule has 0 spiro atoms. The molecular weight excluding hydrogens is 334 g/mol. The van der Waals surface area contributed by atoms with Crippen molar-refractivity contribution in [3.63, 3.8) is 0 Å². The van der Waals surface area contributed by atoms with E-state index in [1.807, 2.05) is 0 Å². The van der Waals surface area contributed by atoms with E-state index in [4.69, 9.17) is 0 Å². The number of H-pyrrole nitrogens is 1. The largest absolute Gasteiger partial charge is 0.349 e. The molecule has 1 aromatic heterocycles. The van der Waals surface area contributed by atoms with Crippen molar-refractivity contribution in [1.82, 2.24) is 14.9 Å². The van der Waals surface area contributed by atoms with Crippen LogP contribution in [0.4, 0.5) is 0 Å². The van der Waals surface area contributed by atoms with E-state index in [9.17, 15) is 22.8 Å². The summed E-state index contributed by atoms with van der Waals surface area (Å²) in [6, 6.07) is 6.04. The topological polar surface area (TPSA) is 118 Å². The molecule has 1 aromatic carbocycles. The summed E-state index contributed by atoms with van der Waals surface area (Å²) in [5.41, 5.74) is -0.616. The second kappa shape index (κ2) is 6.08. The predicted octanol–water partition coefficient (Wildman–Crippen LogP) is -0.493. The third-order valence-electron chi connectivity index (χ3n) is 3.73. The molecular formula is C15H15N3O5S. The van der Waals surface area contributed by atoms with Gasteiger partial charge in [0.05, 0.1) is 22.7 Å². The van der Waals surface area contributed by atoms with Gasteiger partial charge >= 0.3 is 5.69 Å². The SMILES string of the molecule is O=C(CCn1c(=O)[nH]c2ccccc2c1=O)N[C@H]1C=CS(=O)(=O)C1. The lowest BCUT2D eigenvalue weighted by Gasteiger charge is -2.10. The summed E-state index contributed by atoms with van der Waals surface area (Å²) in [4.78, 5) is 38.8. The van der Waals surface area contributed by atoms with E-state index in [2.05, 4.69) is 10.3 Å². The lowest BCUT2D eigenvalue weighted by molar-refractivity contribution is -0.121. The Bertz CT molecular complexity index is 1050. The van der Waals surface area contributed by atoms with Crippen LogP contribution in [0.3, 0.4) is 0 Å². The summed E-state index contributed by atoms with van der Waals surface area (Å²) < 4.78 is 23.5.